The summed E-state index contributed by atoms with van der Waals surface area (Å²) >= 11 is 12.6. The summed E-state index contributed by atoms with van der Waals surface area (Å²) in [7, 11) is 0. The molecule has 7 heteroatoms. The van der Waals surface area contributed by atoms with Gasteiger partial charge in [-0.1, -0.05) is 24.6 Å². The zero-order valence-electron chi connectivity index (χ0n) is 17.5. The molecule has 2 atom stereocenters. The van der Waals surface area contributed by atoms with Crippen molar-refractivity contribution >= 4 is 40.3 Å². The maximum Gasteiger partial charge on any atom is 0.174 e. The molecule has 0 saturated carbocycles. The van der Waals surface area contributed by atoms with Gasteiger partial charge < -0.3 is 20.1 Å². The van der Waals surface area contributed by atoms with Gasteiger partial charge in [-0.3, -0.25) is 4.98 Å². The predicted octanol–water partition coefficient (Wildman–Crippen LogP) is 5.48. The van der Waals surface area contributed by atoms with E-state index in [2.05, 4.69) is 50.2 Å². The molecule has 5 rings (SSSR count). The van der Waals surface area contributed by atoms with Gasteiger partial charge in [0.2, 0.25) is 0 Å². The van der Waals surface area contributed by atoms with Crippen LogP contribution in [-0.2, 0) is 0 Å². The zero-order valence-corrected chi connectivity index (χ0v) is 19.0. The van der Waals surface area contributed by atoms with E-state index in [4.69, 9.17) is 23.8 Å². The molecule has 1 aromatic carbocycles. The SMILES string of the molecule is CC1CCN(c2ccc(N3C(=S)N[C@@H](c4ccccn4)[C@@H]3c3ccc[nH]3)cc2Cl)CC1. The van der Waals surface area contributed by atoms with Crippen LogP contribution >= 0.6 is 23.8 Å². The Morgan fingerprint density at radius 1 is 1.10 bits per heavy atom. The molecule has 31 heavy (non-hydrogen) atoms. The molecule has 0 radical (unpaired) electrons. The number of aromatic nitrogens is 2. The van der Waals surface area contributed by atoms with E-state index in [-0.39, 0.29) is 12.1 Å². The monoisotopic (exact) mass is 451 g/mol. The number of thiocarbonyl (C=S) groups is 1. The Balaban J connectivity index is 1.49. The molecule has 0 aliphatic carbocycles. The molecule has 2 saturated heterocycles. The number of benzene rings is 1. The molecule has 0 amide bonds. The standard InChI is InChI=1S/C24H26ClN5S/c1-16-9-13-29(14-10-16)21-8-7-17(15-18(21)25)30-23(20-6-4-12-27-20)22(28-24(30)31)19-5-2-3-11-26-19/h2-8,11-12,15-16,22-23,27H,9-10,13-14H2,1H3,(H,28,31)/t22-,23-/m0/s1. The van der Waals surface area contributed by atoms with Gasteiger partial charge in [0.15, 0.2) is 5.11 Å². The fraction of sp³-hybridized carbons (Fsp3) is 0.333. The van der Waals surface area contributed by atoms with Crippen LogP contribution in [0.3, 0.4) is 0 Å². The lowest BCUT2D eigenvalue weighted by molar-refractivity contribution is 0.438. The van der Waals surface area contributed by atoms with Gasteiger partial charge in [0.25, 0.3) is 0 Å². The minimum absolute atomic E-state index is 0.0462. The third-order valence-electron chi connectivity index (χ3n) is 6.37. The van der Waals surface area contributed by atoms with Crippen molar-refractivity contribution in [3.63, 3.8) is 0 Å². The average Bonchev–Trinajstić information content (AvgIpc) is 3.43. The van der Waals surface area contributed by atoms with Crippen LogP contribution in [0.25, 0.3) is 0 Å². The third-order valence-corrected chi connectivity index (χ3v) is 6.99. The molecule has 5 nitrogen and oxygen atoms in total. The van der Waals surface area contributed by atoms with E-state index in [1.807, 2.05) is 42.7 Å². The summed E-state index contributed by atoms with van der Waals surface area (Å²) in [4.78, 5) is 12.5. The van der Waals surface area contributed by atoms with E-state index < -0.39 is 0 Å². The average molecular weight is 452 g/mol. The quantitative estimate of drug-likeness (QED) is 0.514. The van der Waals surface area contributed by atoms with Gasteiger partial charge in [-0.15, -0.1) is 0 Å². The fourth-order valence-electron chi connectivity index (χ4n) is 4.63. The zero-order chi connectivity index (χ0) is 21.4. The van der Waals surface area contributed by atoms with Gasteiger partial charge in [-0.25, -0.2) is 0 Å². The predicted molar refractivity (Wildman–Crippen MR) is 131 cm³/mol. The van der Waals surface area contributed by atoms with E-state index in [0.717, 1.165) is 46.8 Å². The first-order chi connectivity index (χ1) is 15.1. The summed E-state index contributed by atoms with van der Waals surface area (Å²) < 4.78 is 0. The van der Waals surface area contributed by atoms with Crippen molar-refractivity contribution in [2.75, 3.05) is 22.9 Å². The summed E-state index contributed by atoms with van der Waals surface area (Å²) in [6.07, 6.45) is 6.18. The number of aromatic amines is 1. The van der Waals surface area contributed by atoms with E-state index >= 15 is 0 Å². The van der Waals surface area contributed by atoms with Crippen molar-refractivity contribution in [2.24, 2.45) is 5.92 Å². The molecule has 2 fully saturated rings. The number of halogens is 1. The molecule has 2 aliphatic rings. The largest absolute Gasteiger partial charge is 0.370 e. The van der Waals surface area contributed by atoms with Gasteiger partial charge in [0, 0.05) is 36.9 Å². The van der Waals surface area contributed by atoms with Gasteiger partial charge in [-0.05, 0) is 73.4 Å². The van der Waals surface area contributed by atoms with Gasteiger partial charge in [0.1, 0.15) is 6.04 Å². The normalized spacial score (nSPS) is 22.1. The van der Waals surface area contributed by atoms with Crippen LogP contribution in [-0.4, -0.2) is 28.2 Å². The van der Waals surface area contributed by atoms with Gasteiger partial charge in [-0.2, -0.15) is 0 Å². The molecule has 2 aliphatic heterocycles. The topological polar surface area (TPSA) is 47.2 Å². The van der Waals surface area contributed by atoms with E-state index in [1.165, 1.54) is 12.8 Å². The van der Waals surface area contributed by atoms with E-state index in [9.17, 15) is 0 Å². The number of nitrogens with one attached hydrogen (secondary N) is 2. The third kappa shape index (κ3) is 3.90. The molecule has 4 heterocycles. The number of hydrogen-bond acceptors (Lipinski definition) is 3. The van der Waals surface area contributed by atoms with Crippen LogP contribution < -0.4 is 15.1 Å². The van der Waals surface area contributed by atoms with Crippen molar-refractivity contribution in [3.8, 4) is 0 Å². The summed E-state index contributed by atoms with van der Waals surface area (Å²) in [5, 5.41) is 4.92. The lowest BCUT2D eigenvalue weighted by Gasteiger charge is -2.33. The maximum atomic E-state index is 6.80. The molecule has 0 unspecified atom stereocenters. The highest BCUT2D eigenvalue weighted by Gasteiger charge is 2.41. The highest BCUT2D eigenvalue weighted by Crippen LogP contribution is 2.42. The van der Waals surface area contributed by atoms with Crippen molar-refractivity contribution in [2.45, 2.75) is 31.8 Å². The molecule has 160 valence electrons. The molecule has 2 aromatic heterocycles. The van der Waals surface area contributed by atoms with Crippen LogP contribution in [0.4, 0.5) is 11.4 Å². The van der Waals surface area contributed by atoms with Gasteiger partial charge >= 0.3 is 0 Å². The van der Waals surface area contributed by atoms with Crippen molar-refractivity contribution in [1.82, 2.24) is 15.3 Å². The number of hydrogen-bond donors (Lipinski definition) is 2. The Hall–Kier alpha value is -2.57. The molecular weight excluding hydrogens is 426 g/mol. The molecule has 0 bridgehead atoms. The van der Waals surface area contributed by atoms with Crippen LogP contribution in [0.5, 0.6) is 0 Å². The number of nitrogens with zero attached hydrogens (tertiary/aromatic N) is 3. The Kier molecular flexibility index (Phi) is 5.59. The first kappa shape index (κ1) is 20.3. The summed E-state index contributed by atoms with van der Waals surface area (Å²) in [5.41, 5.74) is 4.12. The van der Waals surface area contributed by atoms with Crippen LogP contribution in [0, 0.1) is 5.92 Å². The van der Waals surface area contributed by atoms with E-state index in [1.54, 1.807) is 0 Å². The number of pyridine rings is 1. The lowest BCUT2D eigenvalue weighted by atomic mass is 9.98. The summed E-state index contributed by atoms with van der Waals surface area (Å²) in [5.74, 6) is 0.785. The smallest absolute Gasteiger partial charge is 0.174 e. The van der Waals surface area contributed by atoms with Crippen LogP contribution in [0.2, 0.25) is 5.02 Å². The Morgan fingerprint density at radius 3 is 2.61 bits per heavy atom. The second-order valence-electron chi connectivity index (χ2n) is 8.43. The summed E-state index contributed by atoms with van der Waals surface area (Å²) in [6, 6.07) is 16.3. The van der Waals surface area contributed by atoms with Gasteiger partial charge in [0.05, 0.1) is 22.4 Å². The number of piperidine rings is 1. The highest BCUT2D eigenvalue weighted by molar-refractivity contribution is 7.80. The molecule has 3 aromatic rings. The van der Waals surface area contributed by atoms with Crippen LogP contribution in [0.1, 0.15) is 43.2 Å². The molecule has 2 N–H and O–H groups in total. The number of rotatable bonds is 4. The van der Waals surface area contributed by atoms with Crippen molar-refractivity contribution in [3.05, 3.63) is 77.3 Å². The van der Waals surface area contributed by atoms with Crippen molar-refractivity contribution in [1.29, 1.82) is 0 Å². The van der Waals surface area contributed by atoms with Crippen LogP contribution in [0.15, 0.2) is 60.9 Å². The Bertz CT molecular complexity index is 1050. The summed E-state index contributed by atoms with van der Waals surface area (Å²) in [6.45, 7) is 4.43. The van der Waals surface area contributed by atoms with Crippen molar-refractivity contribution < 1.29 is 0 Å². The molecular formula is C24H26ClN5S. The first-order valence-corrected chi connectivity index (χ1v) is 11.6. The highest BCUT2D eigenvalue weighted by atomic mass is 35.5. The first-order valence-electron chi connectivity index (χ1n) is 10.8. The van der Waals surface area contributed by atoms with E-state index in [0.29, 0.717) is 5.11 Å². The minimum Gasteiger partial charge on any atom is -0.370 e. The second kappa shape index (κ2) is 8.52. The molecule has 0 spiro atoms. The maximum absolute atomic E-state index is 6.80. The Labute approximate surface area is 193 Å². The lowest BCUT2D eigenvalue weighted by Crippen LogP contribution is -2.33. The minimum atomic E-state index is -0.0608. The number of anilines is 2. The second-order valence-corrected chi connectivity index (χ2v) is 9.22. The Morgan fingerprint density at radius 2 is 1.94 bits per heavy atom. The number of H-pyrrole nitrogens is 1. The fourth-order valence-corrected chi connectivity index (χ4v) is 5.27.